The summed E-state index contributed by atoms with van der Waals surface area (Å²) in [6.07, 6.45) is 8.59. The molecule has 2 saturated carbocycles. The number of carbonyl (C=O) groups is 1. The van der Waals surface area contributed by atoms with Crippen LogP contribution in [0.1, 0.15) is 58.3 Å². The predicted octanol–water partition coefficient (Wildman–Crippen LogP) is 2.24. The maximum absolute atomic E-state index is 11.7. The molecule has 0 heterocycles. The standard InChI is InChI=1S/C15H28N2O2/c1-3-10-16-15(14(18)19)9-5-8-13(11-15)17(2)12-6-4-7-12/h12-13,16H,3-11H2,1-2H3,(H,18,19). The first-order valence-electron chi connectivity index (χ1n) is 7.79. The van der Waals surface area contributed by atoms with Gasteiger partial charge in [0, 0.05) is 12.1 Å². The van der Waals surface area contributed by atoms with Crippen LogP contribution in [-0.4, -0.2) is 47.2 Å². The summed E-state index contributed by atoms with van der Waals surface area (Å²) in [6.45, 7) is 2.88. The zero-order valence-corrected chi connectivity index (χ0v) is 12.3. The first-order chi connectivity index (χ1) is 9.09. The Morgan fingerprint density at radius 2 is 2.00 bits per heavy atom. The van der Waals surface area contributed by atoms with Crippen molar-refractivity contribution in [1.29, 1.82) is 0 Å². The summed E-state index contributed by atoms with van der Waals surface area (Å²) in [4.78, 5) is 14.2. The van der Waals surface area contributed by atoms with E-state index in [-0.39, 0.29) is 0 Å². The van der Waals surface area contributed by atoms with Crippen LogP contribution in [0.3, 0.4) is 0 Å². The SMILES string of the molecule is CCCNC1(C(=O)O)CCCC(N(C)C2CCC2)C1. The van der Waals surface area contributed by atoms with E-state index >= 15 is 0 Å². The third-order valence-corrected chi connectivity index (χ3v) is 5.07. The maximum atomic E-state index is 11.7. The molecule has 0 amide bonds. The zero-order valence-electron chi connectivity index (χ0n) is 12.3. The highest BCUT2D eigenvalue weighted by Crippen LogP contribution is 2.35. The van der Waals surface area contributed by atoms with Crippen LogP contribution >= 0.6 is 0 Å². The molecule has 0 saturated heterocycles. The Hall–Kier alpha value is -0.610. The van der Waals surface area contributed by atoms with Gasteiger partial charge in [-0.25, -0.2) is 0 Å². The summed E-state index contributed by atoms with van der Waals surface area (Å²) in [7, 11) is 2.19. The van der Waals surface area contributed by atoms with Crippen molar-refractivity contribution < 1.29 is 9.90 Å². The van der Waals surface area contributed by atoms with Crippen molar-refractivity contribution in [1.82, 2.24) is 10.2 Å². The molecule has 2 N–H and O–H groups in total. The van der Waals surface area contributed by atoms with Gasteiger partial charge < -0.3 is 15.3 Å². The van der Waals surface area contributed by atoms with Crippen LogP contribution in [0.25, 0.3) is 0 Å². The fraction of sp³-hybridized carbons (Fsp3) is 0.933. The number of carboxylic acid groups (broad SMARTS) is 1. The van der Waals surface area contributed by atoms with Crippen LogP contribution < -0.4 is 5.32 Å². The van der Waals surface area contributed by atoms with E-state index in [0.29, 0.717) is 12.1 Å². The van der Waals surface area contributed by atoms with Gasteiger partial charge in [-0.3, -0.25) is 4.79 Å². The lowest BCUT2D eigenvalue weighted by Crippen LogP contribution is -2.59. The molecule has 2 rings (SSSR count). The lowest BCUT2D eigenvalue weighted by molar-refractivity contribution is -0.147. The Morgan fingerprint density at radius 3 is 2.53 bits per heavy atom. The zero-order chi connectivity index (χ0) is 13.9. The maximum Gasteiger partial charge on any atom is 0.323 e. The molecular formula is C15H28N2O2. The van der Waals surface area contributed by atoms with E-state index in [1.165, 1.54) is 19.3 Å². The van der Waals surface area contributed by atoms with E-state index in [2.05, 4.69) is 24.2 Å². The third-order valence-electron chi connectivity index (χ3n) is 5.07. The second kappa shape index (κ2) is 6.23. The Balaban J connectivity index is 2.01. The van der Waals surface area contributed by atoms with Crippen molar-refractivity contribution in [3.63, 3.8) is 0 Å². The van der Waals surface area contributed by atoms with Crippen LogP contribution in [0, 0.1) is 0 Å². The van der Waals surface area contributed by atoms with Gasteiger partial charge in [0.05, 0.1) is 0 Å². The highest BCUT2D eigenvalue weighted by Gasteiger charge is 2.44. The molecule has 2 aliphatic carbocycles. The number of aliphatic carboxylic acids is 1. The molecule has 2 fully saturated rings. The molecule has 19 heavy (non-hydrogen) atoms. The quantitative estimate of drug-likeness (QED) is 0.775. The van der Waals surface area contributed by atoms with E-state index in [0.717, 1.165) is 38.6 Å². The minimum atomic E-state index is -0.684. The van der Waals surface area contributed by atoms with Gasteiger partial charge in [0.15, 0.2) is 0 Å². The molecule has 4 nitrogen and oxygen atoms in total. The smallest absolute Gasteiger partial charge is 0.323 e. The highest BCUT2D eigenvalue weighted by atomic mass is 16.4. The Kier molecular flexibility index (Phi) is 4.85. The number of carboxylic acids is 1. The largest absolute Gasteiger partial charge is 0.480 e. The molecule has 2 aliphatic rings. The third kappa shape index (κ3) is 3.11. The van der Waals surface area contributed by atoms with E-state index < -0.39 is 11.5 Å². The number of rotatable bonds is 6. The number of nitrogens with zero attached hydrogens (tertiary/aromatic N) is 1. The van der Waals surface area contributed by atoms with Gasteiger partial charge in [-0.1, -0.05) is 13.3 Å². The van der Waals surface area contributed by atoms with Crippen molar-refractivity contribution in [2.75, 3.05) is 13.6 Å². The normalized spacial score (nSPS) is 32.3. The van der Waals surface area contributed by atoms with E-state index in [4.69, 9.17) is 0 Å². The monoisotopic (exact) mass is 268 g/mol. The van der Waals surface area contributed by atoms with Crippen molar-refractivity contribution in [2.24, 2.45) is 0 Å². The fourth-order valence-electron chi connectivity index (χ4n) is 3.48. The van der Waals surface area contributed by atoms with Crippen LogP contribution in [0.4, 0.5) is 0 Å². The summed E-state index contributed by atoms with van der Waals surface area (Å²) in [5.74, 6) is -0.660. The average Bonchev–Trinajstić information content (AvgIpc) is 2.34. The van der Waals surface area contributed by atoms with Gasteiger partial charge in [0.25, 0.3) is 0 Å². The van der Waals surface area contributed by atoms with Gasteiger partial charge in [-0.15, -0.1) is 0 Å². The van der Waals surface area contributed by atoms with E-state index in [1.807, 2.05) is 0 Å². The van der Waals surface area contributed by atoms with Crippen molar-refractivity contribution in [3.8, 4) is 0 Å². The first-order valence-corrected chi connectivity index (χ1v) is 7.79. The number of hydrogen-bond acceptors (Lipinski definition) is 3. The van der Waals surface area contributed by atoms with Crippen molar-refractivity contribution in [2.45, 2.75) is 75.9 Å². The van der Waals surface area contributed by atoms with Gasteiger partial charge in [0.1, 0.15) is 5.54 Å². The molecule has 0 bridgehead atoms. The first kappa shape index (κ1) is 14.8. The van der Waals surface area contributed by atoms with Gasteiger partial charge in [0.2, 0.25) is 0 Å². The van der Waals surface area contributed by atoms with Gasteiger partial charge >= 0.3 is 5.97 Å². The highest BCUT2D eigenvalue weighted by molar-refractivity contribution is 5.79. The van der Waals surface area contributed by atoms with Gasteiger partial charge in [-0.05, 0) is 58.5 Å². The average molecular weight is 268 g/mol. The molecule has 2 atom stereocenters. The van der Waals surface area contributed by atoms with Crippen LogP contribution in [-0.2, 0) is 4.79 Å². The topological polar surface area (TPSA) is 52.6 Å². The molecule has 0 radical (unpaired) electrons. The lowest BCUT2D eigenvalue weighted by atomic mass is 9.77. The minimum absolute atomic E-state index is 0.430. The molecular weight excluding hydrogens is 240 g/mol. The Morgan fingerprint density at radius 1 is 1.32 bits per heavy atom. The van der Waals surface area contributed by atoms with E-state index in [9.17, 15) is 9.90 Å². The molecule has 0 aromatic rings. The molecule has 110 valence electrons. The molecule has 0 spiro atoms. The minimum Gasteiger partial charge on any atom is -0.480 e. The van der Waals surface area contributed by atoms with Crippen LogP contribution in [0.15, 0.2) is 0 Å². The molecule has 4 heteroatoms. The summed E-state index contributed by atoms with van der Waals surface area (Å²) >= 11 is 0. The molecule has 2 unspecified atom stereocenters. The van der Waals surface area contributed by atoms with Crippen LogP contribution in [0.2, 0.25) is 0 Å². The summed E-state index contributed by atoms with van der Waals surface area (Å²) < 4.78 is 0. The molecule has 0 aromatic heterocycles. The lowest BCUT2D eigenvalue weighted by Gasteiger charge is -2.46. The summed E-state index contributed by atoms with van der Waals surface area (Å²) in [6, 6.07) is 1.13. The van der Waals surface area contributed by atoms with E-state index in [1.54, 1.807) is 0 Å². The fourth-order valence-corrected chi connectivity index (χ4v) is 3.48. The summed E-state index contributed by atoms with van der Waals surface area (Å²) in [5.41, 5.74) is -0.684. The molecule has 0 aromatic carbocycles. The Labute approximate surface area is 116 Å². The van der Waals surface area contributed by atoms with Crippen molar-refractivity contribution >= 4 is 5.97 Å². The van der Waals surface area contributed by atoms with Gasteiger partial charge in [-0.2, -0.15) is 0 Å². The summed E-state index contributed by atoms with van der Waals surface area (Å²) in [5, 5.41) is 13.0. The second-order valence-electron chi connectivity index (χ2n) is 6.31. The second-order valence-corrected chi connectivity index (χ2v) is 6.31. The van der Waals surface area contributed by atoms with Crippen molar-refractivity contribution in [3.05, 3.63) is 0 Å². The van der Waals surface area contributed by atoms with Crippen LogP contribution in [0.5, 0.6) is 0 Å². The molecule has 0 aliphatic heterocycles. The predicted molar refractivity (Wildman–Crippen MR) is 76.3 cm³/mol. The number of hydrogen-bond donors (Lipinski definition) is 2. The number of nitrogens with one attached hydrogen (secondary N) is 1. The Bertz CT molecular complexity index is 317.